The molecule has 0 fully saturated rings. The summed E-state index contributed by atoms with van der Waals surface area (Å²) >= 11 is 17.1. The Labute approximate surface area is 153 Å². The molecule has 0 spiro atoms. The molecule has 3 aromatic rings. The summed E-state index contributed by atoms with van der Waals surface area (Å²) in [4.78, 5) is 4.17. The van der Waals surface area contributed by atoms with E-state index < -0.39 is 0 Å². The van der Waals surface area contributed by atoms with Gasteiger partial charge in [-0.2, -0.15) is 0 Å². The fourth-order valence-corrected chi connectivity index (χ4v) is 2.46. The Hall–Kier alpha value is -2.09. The predicted molar refractivity (Wildman–Crippen MR) is 97.4 cm³/mol. The molecule has 0 bridgehead atoms. The first-order valence-corrected chi connectivity index (χ1v) is 8.17. The molecule has 0 aliphatic carbocycles. The molecule has 6 nitrogen and oxygen atoms in total. The van der Waals surface area contributed by atoms with Gasteiger partial charge >= 0.3 is 0 Å². The molecule has 3 rings (SSSR count). The summed E-state index contributed by atoms with van der Waals surface area (Å²) in [7, 11) is 0. The maximum Gasteiger partial charge on any atom is 0.248 e. The maximum absolute atomic E-state index is 6.01. The molecule has 0 saturated heterocycles. The lowest BCUT2D eigenvalue weighted by Gasteiger charge is -2.06. The van der Waals surface area contributed by atoms with Crippen molar-refractivity contribution >= 4 is 46.5 Å². The van der Waals surface area contributed by atoms with Crippen LogP contribution in [0.4, 0.5) is 5.95 Å². The molecule has 2 N–H and O–H groups in total. The number of benzene rings is 1. The lowest BCUT2D eigenvalue weighted by atomic mass is 10.2. The van der Waals surface area contributed by atoms with Crippen LogP contribution in [-0.2, 0) is 13.1 Å². The summed E-state index contributed by atoms with van der Waals surface area (Å²) in [5.41, 5.74) is 0.972. The Balaban J connectivity index is 1.54. The van der Waals surface area contributed by atoms with Crippen LogP contribution in [0.25, 0.3) is 0 Å². The van der Waals surface area contributed by atoms with Crippen LogP contribution in [0.3, 0.4) is 0 Å². The first-order valence-electron chi connectivity index (χ1n) is 7.01. The Morgan fingerprint density at radius 2 is 2.12 bits per heavy atom. The van der Waals surface area contributed by atoms with Gasteiger partial charge in [-0.3, -0.25) is 5.32 Å². The average molecular weight is 382 g/mol. The molecule has 2 heterocycles. The Morgan fingerprint density at radius 3 is 2.88 bits per heavy atom. The van der Waals surface area contributed by atoms with Crippen LogP contribution >= 0.6 is 35.4 Å². The summed E-state index contributed by atoms with van der Waals surface area (Å²) in [5, 5.41) is 11.7. The number of nitrogens with one attached hydrogen (secondary N) is 2. The Kier molecular flexibility index (Phi) is 5.34. The van der Waals surface area contributed by atoms with E-state index in [1.54, 1.807) is 29.4 Å². The monoisotopic (exact) mass is 381 g/mol. The maximum atomic E-state index is 6.01. The molecule has 0 saturated carbocycles. The molecule has 9 heteroatoms. The van der Waals surface area contributed by atoms with Crippen LogP contribution in [0.1, 0.15) is 11.3 Å². The van der Waals surface area contributed by atoms with Crippen molar-refractivity contribution in [2.75, 3.05) is 5.32 Å². The highest BCUT2D eigenvalue weighted by molar-refractivity contribution is 7.80. The van der Waals surface area contributed by atoms with Crippen molar-refractivity contribution in [3.8, 4) is 0 Å². The molecular weight excluding hydrogens is 369 g/mol. The fraction of sp³-hybridized carbons (Fsp3) is 0.133. The van der Waals surface area contributed by atoms with Crippen molar-refractivity contribution in [2.24, 2.45) is 0 Å². The van der Waals surface area contributed by atoms with Crippen LogP contribution in [0.5, 0.6) is 0 Å². The zero-order chi connectivity index (χ0) is 16.9. The number of rotatable bonds is 5. The number of thiocarbonyl (C=S) groups is 1. The number of furan rings is 1. The minimum atomic E-state index is 0.409. The second kappa shape index (κ2) is 7.65. The van der Waals surface area contributed by atoms with E-state index in [1.165, 1.54) is 0 Å². The molecule has 0 amide bonds. The van der Waals surface area contributed by atoms with Gasteiger partial charge in [-0.15, -0.1) is 5.10 Å². The van der Waals surface area contributed by atoms with Gasteiger partial charge in [0.25, 0.3) is 0 Å². The third-order valence-corrected chi connectivity index (χ3v) is 4.08. The Bertz CT molecular complexity index is 834. The minimum Gasteiger partial charge on any atom is -0.467 e. The van der Waals surface area contributed by atoms with Gasteiger partial charge in [0.1, 0.15) is 12.1 Å². The summed E-state index contributed by atoms with van der Waals surface area (Å²) in [6, 6.07) is 9.12. The predicted octanol–water partition coefficient (Wildman–Crippen LogP) is 3.71. The molecule has 0 atom stereocenters. The van der Waals surface area contributed by atoms with E-state index in [0.717, 1.165) is 11.3 Å². The molecule has 0 unspecified atom stereocenters. The lowest BCUT2D eigenvalue weighted by molar-refractivity contribution is 0.503. The van der Waals surface area contributed by atoms with Crippen molar-refractivity contribution in [1.29, 1.82) is 0 Å². The van der Waals surface area contributed by atoms with E-state index >= 15 is 0 Å². The number of hydrogen-bond donors (Lipinski definition) is 2. The summed E-state index contributed by atoms with van der Waals surface area (Å²) < 4.78 is 6.89. The molecule has 24 heavy (non-hydrogen) atoms. The SMILES string of the molecule is S=C(NCc1ccco1)Nc1ncn(Cc2ccc(Cl)c(Cl)c2)n1. The summed E-state index contributed by atoms with van der Waals surface area (Å²) in [5.74, 6) is 1.20. The lowest BCUT2D eigenvalue weighted by Crippen LogP contribution is -2.28. The summed E-state index contributed by atoms with van der Waals surface area (Å²) in [6.45, 7) is 1.01. The molecule has 2 aromatic heterocycles. The first-order chi connectivity index (χ1) is 11.6. The topological polar surface area (TPSA) is 67.9 Å². The molecular formula is C15H13Cl2N5OS. The molecule has 124 valence electrons. The average Bonchev–Trinajstić information content (AvgIpc) is 3.21. The van der Waals surface area contributed by atoms with Crippen molar-refractivity contribution in [2.45, 2.75) is 13.1 Å². The van der Waals surface area contributed by atoms with Gasteiger partial charge in [0, 0.05) is 0 Å². The summed E-state index contributed by atoms with van der Waals surface area (Å²) in [6.07, 6.45) is 3.22. The van der Waals surface area contributed by atoms with Gasteiger partial charge < -0.3 is 9.73 Å². The zero-order valence-electron chi connectivity index (χ0n) is 12.4. The Morgan fingerprint density at radius 1 is 1.25 bits per heavy atom. The number of halogens is 2. The van der Waals surface area contributed by atoms with E-state index in [0.29, 0.717) is 34.2 Å². The number of aromatic nitrogens is 3. The van der Waals surface area contributed by atoms with Crippen molar-refractivity contribution in [3.05, 3.63) is 64.3 Å². The van der Waals surface area contributed by atoms with Gasteiger partial charge in [0.15, 0.2) is 5.11 Å². The number of nitrogens with zero attached hydrogens (tertiary/aromatic N) is 3. The van der Waals surface area contributed by atoms with Crippen LogP contribution in [0.15, 0.2) is 47.3 Å². The van der Waals surface area contributed by atoms with Crippen LogP contribution in [-0.4, -0.2) is 19.9 Å². The highest BCUT2D eigenvalue weighted by Gasteiger charge is 2.06. The molecule has 0 radical (unpaired) electrons. The van der Waals surface area contributed by atoms with Crippen LogP contribution < -0.4 is 10.6 Å². The second-order valence-electron chi connectivity index (χ2n) is 4.90. The molecule has 1 aromatic carbocycles. The van der Waals surface area contributed by atoms with Crippen LogP contribution in [0, 0.1) is 0 Å². The van der Waals surface area contributed by atoms with Crippen LogP contribution in [0.2, 0.25) is 10.0 Å². The third-order valence-electron chi connectivity index (χ3n) is 3.09. The van der Waals surface area contributed by atoms with E-state index in [9.17, 15) is 0 Å². The standard InChI is InChI=1S/C15H13Cl2N5OS/c16-12-4-3-10(6-13(12)17)8-22-9-19-14(21-22)20-15(24)18-7-11-2-1-5-23-11/h1-6,9H,7-8H2,(H2,18,20,21,24). The van der Waals surface area contributed by atoms with Crippen molar-refractivity contribution in [1.82, 2.24) is 20.1 Å². The zero-order valence-corrected chi connectivity index (χ0v) is 14.7. The van der Waals surface area contributed by atoms with Crippen molar-refractivity contribution in [3.63, 3.8) is 0 Å². The van der Waals surface area contributed by atoms with Gasteiger partial charge in [0.05, 0.1) is 29.4 Å². The minimum absolute atomic E-state index is 0.409. The van der Waals surface area contributed by atoms with Gasteiger partial charge in [0.2, 0.25) is 5.95 Å². The highest BCUT2D eigenvalue weighted by Crippen LogP contribution is 2.22. The van der Waals surface area contributed by atoms with E-state index in [4.69, 9.17) is 39.8 Å². The quantitative estimate of drug-likeness (QED) is 0.656. The molecule has 0 aliphatic heterocycles. The third kappa shape index (κ3) is 4.47. The largest absolute Gasteiger partial charge is 0.467 e. The van der Waals surface area contributed by atoms with Gasteiger partial charge in [-0.1, -0.05) is 29.3 Å². The highest BCUT2D eigenvalue weighted by atomic mass is 35.5. The normalized spacial score (nSPS) is 10.6. The number of anilines is 1. The second-order valence-corrected chi connectivity index (χ2v) is 6.12. The first kappa shape index (κ1) is 16.8. The molecule has 0 aliphatic rings. The van der Waals surface area contributed by atoms with E-state index in [1.807, 2.05) is 18.2 Å². The van der Waals surface area contributed by atoms with Crippen molar-refractivity contribution < 1.29 is 4.42 Å². The van der Waals surface area contributed by atoms with Gasteiger partial charge in [-0.05, 0) is 42.0 Å². The smallest absolute Gasteiger partial charge is 0.248 e. The number of hydrogen-bond acceptors (Lipinski definition) is 4. The van der Waals surface area contributed by atoms with Gasteiger partial charge in [-0.25, -0.2) is 9.67 Å². The fourth-order valence-electron chi connectivity index (χ4n) is 1.98. The van der Waals surface area contributed by atoms with E-state index in [2.05, 4.69) is 20.7 Å². The van der Waals surface area contributed by atoms with E-state index in [-0.39, 0.29) is 0 Å².